The molecule has 0 radical (unpaired) electrons. The second-order valence-corrected chi connectivity index (χ2v) is 8.43. The van der Waals surface area contributed by atoms with Crippen LogP contribution in [0.2, 0.25) is 5.15 Å². The van der Waals surface area contributed by atoms with Crippen molar-refractivity contribution < 1.29 is 31.8 Å². The summed E-state index contributed by atoms with van der Waals surface area (Å²) in [4.78, 5) is 29.8. The highest BCUT2D eigenvalue weighted by atomic mass is 35.5. The van der Waals surface area contributed by atoms with Crippen LogP contribution in [0.15, 0.2) is 23.0 Å². The van der Waals surface area contributed by atoms with Crippen LogP contribution >= 0.6 is 11.6 Å². The number of alkyl halides is 3. The van der Waals surface area contributed by atoms with Gasteiger partial charge in [0.15, 0.2) is 17.6 Å². The van der Waals surface area contributed by atoms with Crippen molar-refractivity contribution >= 4 is 23.2 Å². The molecule has 9 nitrogen and oxygen atoms in total. The van der Waals surface area contributed by atoms with E-state index in [4.69, 9.17) is 21.1 Å². The molecule has 1 aromatic carbocycles. The van der Waals surface area contributed by atoms with Crippen LogP contribution in [-0.2, 0) is 17.9 Å². The van der Waals surface area contributed by atoms with Crippen LogP contribution in [0.25, 0.3) is 5.69 Å². The number of fused-ring (bicyclic) bond motifs is 1. The Morgan fingerprint density at radius 1 is 1.28 bits per heavy atom. The SMILES string of the molecule is Cc1cc(C)c(NC(=O)c2cc(F)c(-n3nc4n(c3=O)CCCOC4)cc2OCC(F)(F)F)c(Cl)n1. The van der Waals surface area contributed by atoms with E-state index < -0.39 is 47.2 Å². The Kier molecular flexibility index (Phi) is 7.05. The fraction of sp³-hybridized carbons (Fsp3) is 0.364. The summed E-state index contributed by atoms with van der Waals surface area (Å²) in [6, 6.07) is 3.13. The van der Waals surface area contributed by atoms with E-state index >= 15 is 4.39 Å². The van der Waals surface area contributed by atoms with Crippen molar-refractivity contribution in [1.29, 1.82) is 0 Å². The van der Waals surface area contributed by atoms with E-state index in [9.17, 15) is 22.8 Å². The number of halogens is 5. The van der Waals surface area contributed by atoms with Crippen molar-refractivity contribution in [3.05, 3.63) is 62.3 Å². The van der Waals surface area contributed by atoms with Gasteiger partial charge in [-0.3, -0.25) is 9.36 Å². The van der Waals surface area contributed by atoms with Crippen LogP contribution in [-0.4, -0.2) is 44.6 Å². The maximum Gasteiger partial charge on any atom is 0.422 e. The van der Waals surface area contributed by atoms with Gasteiger partial charge < -0.3 is 14.8 Å². The molecule has 1 aliphatic heterocycles. The number of carbonyl (C=O) groups is 1. The first-order valence-electron chi connectivity index (χ1n) is 10.7. The minimum atomic E-state index is -4.75. The van der Waals surface area contributed by atoms with Crippen LogP contribution in [0.1, 0.15) is 33.9 Å². The van der Waals surface area contributed by atoms with Gasteiger partial charge in [0, 0.05) is 24.9 Å². The summed E-state index contributed by atoms with van der Waals surface area (Å²) < 4.78 is 66.1. The van der Waals surface area contributed by atoms with Crippen molar-refractivity contribution in [2.45, 2.75) is 39.6 Å². The molecule has 0 saturated carbocycles. The van der Waals surface area contributed by atoms with Crippen molar-refractivity contribution in [3.63, 3.8) is 0 Å². The van der Waals surface area contributed by atoms with Crippen molar-refractivity contribution in [2.24, 2.45) is 0 Å². The Labute approximate surface area is 206 Å². The summed E-state index contributed by atoms with van der Waals surface area (Å²) in [5.74, 6) is -2.45. The summed E-state index contributed by atoms with van der Waals surface area (Å²) in [5, 5.41) is 6.45. The Bertz CT molecular complexity index is 1360. The number of rotatable bonds is 5. The molecule has 4 rings (SSSR count). The Morgan fingerprint density at radius 3 is 2.72 bits per heavy atom. The number of hydrogen-bond donors (Lipinski definition) is 1. The highest BCUT2D eigenvalue weighted by Gasteiger charge is 2.30. The lowest BCUT2D eigenvalue weighted by Gasteiger charge is -2.16. The van der Waals surface area contributed by atoms with Gasteiger partial charge in [-0.15, -0.1) is 5.10 Å². The molecule has 2 aromatic heterocycles. The summed E-state index contributed by atoms with van der Waals surface area (Å²) in [5.41, 5.74) is -0.526. The number of amides is 1. The summed E-state index contributed by atoms with van der Waals surface area (Å²) in [6.45, 7) is 2.26. The predicted octanol–water partition coefficient (Wildman–Crippen LogP) is 3.95. The average molecular weight is 530 g/mol. The van der Waals surface area contributed by atoms with Gasteiger partial charge in [-0.05, 0) is 38.0 Å². The van der Waals surface area contributed by atoms with Crippen molar-refractivity contribution in [2.75, 3.05) is 18.5 Å². The quantitative estimate of drug-likeness (QED) is 0.397. The zero-order valence-corrected chi connectivity index (χ0v) is 19.8. The zero-order chi connectivity index (χ0) is 26.2. The molecular weight excluding hydrogens is 510 g/mol. The number of anilines is 1. The third kappa shape index (κ3) is 5.36. The molecule has 0 saturated heterocycles. The number of pyridine rings is 1. The van der Waals surface area contributed by atoms with E-state index in [2.05, 4.69) is 15.4 Å². The molecule has 0 spiro atoms. The van der Waals surface area contributed by atoms with Crippen molar-refractivity contribution in [3.8, 4) is 11.4 Å². The highest BCUT2D eigenvalue weighted by molar-refractivity contribution is 6.33. The van der Waals surface area contributed by atoms with Crippen LogP contribution in [0.5, 0.6) is 5.75 Å². The molecule has 0 unspecified atom stereocenters. The first-order chi connectivity index (χ1) is 16.9. The molecule has 0 bridgehead atoms. The van der Waals surface area contributed by atoms with Crippen molar-refractivity contribution in [1.82, 2.24) is 19.3 Å². The Morgan fingerprint density at radius 2 is 2.03 bits per heavy atom. The van der Waals surface area contributed by atoms with E-state index in [-0.39, 0.29) is 29.8 Å². The zero-order valence-electron chi connectivity index (χ0n) is 19.1. The number of ether oxygens (including phenoxy) is 2. The topological polar surface area (TPSA) is 100 Å². The lowest BCUT2D eigenvalue weighted by atomic mass is 10.1. The van der Waals surface area contributed by atoms with Crippen LogP contribution in [0, 0.1) is 19.7 Å². The highest BCUT2D eigenvalue weighted by Crippen LogP contribution is 2.30. The lowest BCUT2D eigenvalue weighted by molar-refractivity contribution is -0.153. The number of nitrogens with one attached hydrogen (secondary N) is 1. The molecule has 1 amide bonds. The third-order valence-corrected chi connectivity index (χ3v) is 5.57. The van der Waals surface area contributed by atoms with Gasteiger partial charge in [-0.25, -0.2) is 14.2 Å². The van der Waals surface area contributed by atoms with E-state index in [1.165, 1.54) is 4.57 Å². The Hall–Kier alpha value is -3.45. The molecule has 3 aromatic rings. The van der Waals surface area contributed by atoms with E-state index in [0.717, 1.165) is 6.07 Å². The summed E-state index contributed by atoms with van der Waals surface area (Å²) in [6.07, 6.45) is -4.22. The molecule has 192 valence electrons. The number of hydrogen-bond acceptors (Lipinski definition) is 6. The standard InChI is InChI=1S/C22H20ClF4N5O4/c1-11-6-12(2)28-19(23)18(11)29-20(33)13-7-14(24)15(8-16(13)36-10-22(25,26)27)32-21(34)31-4-3-5-35-9-17(31)30-32/h6-8H,3-5,9-10H2,1-2H3,(H,29,33). The minimum Gasteiger partial charge on any atom is -0.483 e. The smallest absolute Gasteiger partial charge is 0.422 e. The molecule has 3 heterocycles. The summed E-state index contributed by atoms with van der Waals surface area (Å²) >= 11 is 6.10. The number of carbonyl (C=O) groups excluding carboxylic acids is 1. The average Bonchev–Trinajstić information content (AvgIpc) is 2.94. The lowest BCUT2D eigenvalue weighted by Crippen LogP contribution is -2.26. The second kappa shape index (κ2) is 9.90. The molecule has 14 heteroatoms. The molecule has 0 atom stereocenters. The fourth-order valence-corrected chi connectivity index (χ4v) is 4.03. The normalized spacial score (nSPS) is 13.8. The first-order valence-corrected chi connectivity index (χ1v) is 11.1. The molecule has 1 aliphatic rings. The van der Waals surface area contributed by atoms with Crippen LogP contribution in [0.4, 0.5) is 23.2 Å². The molecule has 0 aliphatic carbocycles. The van der Waals surface area contributed by atoms with E-state index in [1.54, 1.807) is 19.9 Å². The monoisotopic (exact) mass is 529 g/mol. The third-order valence-electron chi connectivity index (χ3n) is 5.29. The first kappa shape index (κ1) is 25.6. The van der Waals surface area contributed by atoms with Gasteiger partial charge in [-0.2, -0.15) is 17.9 Å². The fourth-order valence-electron chi connectivity index (χ4n) is 3.70. The molecule has 36 heavy (non-hydrogen) atoms. The number of aryl methyl sites for hydroxylation is 2. The Balaban J connectivity index is 1.77. The van der Waals surface area contributed by atoms with E-state index in [1.807, 2.05) is 0 Å². The number of nitrogens with zero attached hydrogens (tertiary/aromatic N) is 4. The second-order valence-electron chi connectivity index (χ2n) is 8.07. The van der Waals surface area contributed by atoms with Gasteiger partial charge in [0.25, 0.3) is 5.91 Å². The van der Waals surface area contributed by atoms with E-state index in [0.29, 0.717) is 35.0 Å². The van der Waals surface area contributed by atoms with Gasteiger partial charge in [0.05, 0.1) is 11.3 Å². The van der Waals surface area contributed by atoms with Gasteiger partial charge >= 0.3 is 11.9 Å². The maximum absolute atomic E-state index is 15.2. The molecular formula is C22H20ClF4N5O4. The van der Waals surface area contributed by atoms with Gasteiger partial charge in [-0.1, -0.05) is 11.6 Å². The predicted molar refractivity (Wildman–Crippen MR) is 120 cm³/mol. The van der Waals surface area contributed by atoms with Crippen LogP contribution in [0.3, 0.4) is 0 Å². The van der Waals surface area contributed by atoms with Gasteiger partial charge in [0.1, 0.15) is 23.9 Å². The molecule has 1 N–H and O–H groups in total. The minimum absolute atomic E-state index is 0.00642. The maximum atomic E-state index is 15.2. The van der Waals surface area contributed by atoms with Crippen LogP contribution < -0.4 is 15.7 Å². The van der Waals surface area contributed by atoms with Gasteiger partial charge in [0.2, 0.25) is 0 Å². The number of benzene rings is 1. The number of aromatic nitrogens is 4. The molecule has 0 fully saturated rings. The largest absolute Gasteiger partial charge is 0.483 e. The summed E-state index contributed by atoms with van der Waals surface area (Å²) in [7, 11) is 0.